The number of carbonyl (C=O) groups is 1. The molecule has 0 spiro atoms. The maximum Gasteiger partial charge on any atom is 0.252 e. The molecule has 0 saturated heterocycles. The maximum absolute atomic E-state index is 11.5. The van der Waals surface area contributed by atoms with Crippen molar-refractivity contribution < 1.29 is 4.79 Å². The molecule has 1 aromatic rings. The number of fused-ring (bicyclic) bond motifs is 1. The van der Waals surface area contributed by atoms with Crippen LogP contribution in [0.5, 0.6) is 0 Å². The number of rotatable bonds is 3. The first-order valence-electron chi connectivity index (χ1n) is 6.57. The minimum Gasteiger partial charge on any atom is -0.382 e. The highest BCUT2D eigenvalue weighted by molar-refractivity contribution is 6.21. The molecule has 6 N–H and O–H groups in total. The molecule has 21 heavy (non-hydrogen) atoms. The van der Waals surface area contributed by atoms with E-state index >= 15 is 0 Å². The Labute approximate surface area is 123 Å². The highest BCUT2D eigenvalue weighted by atomic mass is 16.1. The van der Waals surface area contributed by atoms with Gasteiger partial charge in [0.1, 0.15) is 0 Å². The number of amidine groups is 1. The number of nitrogens with two attached hydrogens (primary N) is 3. The number of hydrogen-bond donors (Lipinski definition) is 3. The predicted octanol–water partition coefficient (Wildman–Crippen LogP) is 0.551. The van der Waals surface area contributed by atoms with E-state index in [0.29, 0.717) is 12.1 Å². The molecule has 0 unspecified atom stereocenters. The zero-order valence-corrected chi connectivity index (χ0v) is 11.9. The summed E-state index contributed by atoms with van der Waals surface area (Å²) in [7, 11) is 0. The molecule has 0 fully saturated rings. The second-order valence-corrected chi connectivity index (χ2v) is 5.01. The van der Waals surface area contributed by atoms with Crippen molar-refractivity contribution in [3.05, 3.63) is 48.1 Å². The molecule has 1 atom stereocenters. The summed E-state index contributed by atoms with van der Waals surface area (Å²) in [5.74, 6) is -0.587. The molecule has 0 aliphatic carbocycles. The fraction of sp³-hybridized carbons (Fsp3) is 0.200. The van der Waals surface area contributed by atoms with E-state index in [4.69, 9.17) is 17.2 Å². The Kier molecular flexibility index (Phi) is 4.09. The molecule has 0 saturated carbocycles. The predicted molar refractivity (Wildman–Crippen MR) is 85.4 cm³/mol. The molecule has 1 heterocycles. The SMILES string of the molecule is C=C1/C=C(C(N)=O)\C(N)=N/N(C[C@H](C)N)c2ccccc21. The summed E-state index contributed by atoms with van der Waals surface area (Å²) >= 11 is 0. The van der Waals surface area contributed by atoms with Crippen LogP contribution in [0, 0.1) is 0 Å². The number of hydrogen-bond acceptors (Lipinski definition) is 5. The molecule has 1 amide bonds. The molecule has 0 aromatic heterocycles. The minimum atomic E-state index is -0.641. The number of anilines is 1. The maximum atomic E-state index is 11.5. The largest absolute Gasteiger partial charge is 0.382 e. The van der Waals surface area contributed by atoms with Gasteiger partial charge in [-0.2, -0.15) is 5.10 Å². The van der Waals surface area contributed by atoms with Crippen LogP contribution in [0.15, 0.2) is 47.6 Å². The average molecular weight is 285 g/mol. The van der Waals surface area contributed by atoms with Gasteiger partial charge in [-0.3, -0.25) is 9.80 Å². The van der Waals surface area contributed by atoms with E-state index in [1.54, 1.807) is 11.1 Å². The van der Waals surface area contributed by atoms with Crippen LogP contribution in [0.2, 0.25) is 0 Å². The first kappa shape index (κ1) is 14.8. The topological polar surface area (TPSA) is 111 Å². The van der Waals surface area contributed by atoms with E-state index in [0.717, 1.165) is 11.3 Å². The van der Waals surface area contributed by atoms with Crippen LogP contribution in [0.4, 0.5) is 5.69 Å². The molecular weight excluding hydrogens is 266 g/mol. The summed E-state index contributed by atoms with van der Waals surface area (Å²) in [5, 5.41) is 5.97. The Morgan fingerprint density at radius 3 is 2.71 bits per heavy atom. The van der Waals surface area contributed by atoms with E-state index < -0.39 is 5.91 Å². The molecule has 1 aromatic carbocycles. The number of benzene rings is 1. The second kappa shape index (κ2) is 5.80. The summed E-state index contributed by atoms with van der Waals surface area (Å²) < 4.78 is 0. The van der Waals surface area contributed by atoms with Gasteiger partial charge in [0.2, 0.25) is 0 Å². The first-order valence-corrected chi connectivity index (χ1v) is 6.57. The Hall–Kier alpha value is -2.60. The van der Waals surface area contributed by atoms with Gasteiger partial charge in [-0.25, -0.2) is 0 Å². The van der Waals surface area contributed by atoms with Crippen LogP contribution in [0.25, 0.3) is 5.57 Å². The molecule has 2 rings (SSSR count). The molecular formula is C15H19N5O. The monoisotopic (exact) mass is 285 g/mol. The van der Waals surface area contributed by atoms with Crippen LogP contribution in [0.3, 0.4) is 0 Å². The number of primary amides is 1. The fourth-order valence-corrected chi connectivity index (χ4v) is 2.14. The van der Waals surface area contributed by atoms with Gasteiger partial charge in [-0.15, -0.1) is 0 Å². The molecule has 6 nitrogen and oxygen atoms in total. The van der Waals surface area contributed by atoms with Crippen molar-refractivity contribution in [2.45, 2.75) is 13.0 Å². The minimum absolute atomic E-state index is 0.0544. The van der Waals surface area contributed by atoms with Crippen LogP contribution in [-0.2, 0) is 4.79 Å². The Morgan fingerprint density at radius 1 is 1.43 bits per heavy atom. The van der Waals surface area contributed by atoms with Crippen LogP contribution in [0.1, 0.15) is 12.5 Å². The van der Waals surface area contributed by atoms with Crippen LogP contribution < -0.4 is 22.2 Å². The Morgan fingerprint density at radius 2 is 2.10 bits per heavy atom. The lowest BCUT2D eigenvalue weighted by Gasteiger charge is -2.26. The van der Waals surface area contributed by atoms with Gasteiger partial charge in [0, 0.05) is 11.6 Å². The summed E-state index contributed by atoms with van der Waals surface area (Å²) in [6.45, 7) is 6.31. The van der Waals surface area contributed by atoms with Gasteiger partial charge in [0.25, 0.3) is 5.91 Å². The quantitative estimate of drug-likeness (QED) is 0.753. The average Bonchev–Trinajstić information content (AvgIpc) is 2.41. The zero-order valence-electron chi connectivity index (χ0n) is 11.9. The number of amides is 1. The van der Waals surface area contributed by atoms with Gasteiger partial charge in [0.15, 0.2) is 5.84 Å². The number of allylic oxidation sites excluding steroid dienone is 2. The molecule has 110 valence electrons. The first-order chi connectivity index (χ1) is 9.90. The molecule has 1 aliphatic rings. The fourth-order valence-electron chi connectivity index (χ4n) is 2.14. The third kappa shape index (κ3) is 3.11. The molecule has 1 aliphatic heterocycles. The van der Waals surface area contributed by atoms with Crippen molar-refractivity contribution in [2.75, 3.05) is 11.6 Å². The summed E-state index contributed by atoms with van der Waals surface area (Å²) in [6.07, 6.45) is 1.56. The van der Waals surface area contributed by atoms with E-state index in [1.165, 1.54) is 0 Å². The lowest BCUT2D eigenvalue weighted by molar-refractivity contribution is -0.114. The van der Waals surface area contributed by atoms with Gasteiger partial charge >= 0.3 is 0 Å². The van der Waals surface area contributed by atoms with Crippen molar-refractivity contribution in [3.8, 4) is 0 Å². The van der Waals surface area contributed by atoms with Crippen molar-refractivity contribution in [1.82, 2.24) is 0 Å². The van der Waals surface area contributed by atoms with Gasteiger partial charge in [-0.05, 0) is 24.6 Å². The van der Waals surface area contributed by atoms with E-state index in [2.05, 4.69) is 11.7 Å². The van der Waals surface area contributed by atoms with Crippen molar-refractivity contribution in [2.24, 2.45) is 22.3 Å². The zero-order chi connectivity index (χ0) is 15.6. The standard InChI is InChI=1S/C15H19N5O/c1-9-7-12(15(18)21)14(17)19-20(8-10(2)16)13-6-4-3-5-11(9)13/h3-7,10H,1,8,16H2,2H3,(H2,17,19)(H2,18,21)/b12-7+/t10-/m0/s1. The van der Waals surface area contributed by atoms with Crippen molar-refractivity contribution in [3.63, 3.8) is 0 Å². The van der Waals surface area contributed by atoms with Gasteiger partial charge in [0.05, 0.1) is 17.8 Å². The summed E-state index contributed by atoms with van der Waals surface area (Å²) in [6, 6.07) is 7.47. The lowest BCUT2D eigenvalue weighted by Crippen LogP contribution is -2.36. The van der Waals surface area contributed by atoms with E-state index in [9.17, 15) is 4.79 Å². The van der Waals surface area contributed by atoms with Crippen molar-refractivity contribution >= 4 is 23.0 Å². The Balaban J connectivity index is 2.63. The molecule has 0 bridgehead atoms. The highest BCUT2D eigenvalue weighted by Crippen LogP contribution is 2.29. The number of hydrazone groups is 1. The number of carbonyl (C=O) groups excluding carboxylic acids is 1. The Bertz CT molecular complexity index is 645. The van der Waals surface area contributed by atoms with E-state index in [1.807, 2.05) is 31.2 Å². The van der Waals surface area contributed by atoms with Crippen LogP contribution >= 0.6 is 0 Å². The normalized spacial score (nSPS) is 21.2. The third-order valence-corrected chi connectivity index (χ3v) is 3.08. The van der Waals surface area contributed by atoms with E-state index in [-0.39, 0.29) is 17.5 Å². The number of para-hydroxylation sites is 1. The van der Waals surface area contributed by atoms with Gasteiger partial charge < -0.3 is 17.2 Å². The second-order valence-electron chi connectivity index (χ2n) is 5.01. The van der Waals surface area contributed by atoms with Crippen LogP contribution in [-0.4, -0.2) is 24.3 Å². The summed E-state index contributed by atoms with van der Waals surface area (Å²) in [4.78, 5) is 11.5. The lowest BCUT2D eigenvalue weighted by atomic mass is 10.0. The third-order valence-electron chi connectivity index (χ3n) is 3.08. The summed E-state index contributed by atoms with van der Waals surface area (Å²) in [5.41, 5.74) is 19.6. The molecule has 6 heteroatoms. The molecule has 0 radical (unpaired) electrons. The highest BCUT2D eigenvalue weighted by Gasteiger charge is 2.20. The number of nitrogens with zero attached hydrogens (tertiary/aromatic N) is 2. The van der Waals surface area contributed by atoms with Crippen molar-refractivity contribution in [1.29, 1.82) is 0 Å². The smallest absolute Gasteiger partial charge is 0.252 e. The van der Waals surface area contributed by atoms with Gasteiger partial charge in [-0.1, -0.05) is 24.8 Å².